The van der Waals surface area contributed by atoms with E-state index in [2.05, 4.69) is 0 Å². The summed E-state index contributed by atoms with van der Waals surface area (Å²) in [4.78, 5) is 11.1. The molecule has 0 fully saturated rings. The summed E-state index contributed by atoms with van der Waals surface area (Å²) in [6, 6.07) is 13.7. The molecule has 0 aliphatic heterocycles. The Morgan fingerprint density at radius 3 is 2.32 bits per heavy atom. The van der Waals surface area contributed by atoms with Crippen molar-refractivity contribution in [2.45, 2.75) is 12.6 Å². The van der Waals surface area contributed by atoms with Gasteiger partial charge in [-0.1, -0.05) is 29.8 Å². The van der Waals surface area contributed by atoms with Crippen molar-refractivity contribution in [1.29, 1.82) is 0 Å². The molecule has 0 radical (unpaired) electrons. The highest BCUT2D eigenvalue weighted by atomic mass is 35.5. The molecule has 1 aromatic heterocycles. The van der Waals surface area contributed by atoms with E-state index in [1.807, 2.05) is 0 Å². The molecule has 0 spiro atoms. The quantitative estimate of drug-likeness (QED) is 0.352. The highest BCUT2D eigenvalue weighted by molar-refractivity contribution is 6.31. The first-order chi connectivity index (χ1) is 14.7. The van der Waals surface area contributed by atoms with Crippen LogP contribution in [0.3, 0.4) is 0 Å². The zero-order chi connectivity index (χ0) is 22.3. The summed E-state index contributed by atoms with van der Waals surface area (Å²) in [5.74, 6) is -1.66. The highest BCUT2D eigenvalue weighted by Gasteiger charge is 2.34. The van der Waals surface area contributed by atoms with Gasteiger partial charge in [0, 0.05) is 28.7 Å². The first kappa shape index (κ1) is 20.9. The van der Waals surface area contributed by atoms with Crippen molar-refractivity contribution in [3.63, 3.8) is 0 Å². The van der Waals surface area contributed by atoms with Gasteiger partial charge in [-0.3, -0.25) is 0 Å². The van der Waals surface area contributed by atoms with Crippen LogP contribution in [-0.2, 0) is 12.6 Å². The molecule has 158 valence electrons. The molecular formula is C23H14ClF4NO2. The maximum atomic E-state index is 14.7. The van der Waals surface area contributed by atoms with Crippen molar-refractivity contribution in [2.24, 2.45) is 0 Å². The standard InChI is InChI=1S/C23H14ClF4NO2/c24-19-5-2-4-18(23(26,27)28)17(19)11-14-12-29(21-16(14)3-1-6-20(21)25)15-9-7-13(8-10-15)22(30)31/h1-10,12H,11H2,(H,30,31). The Morgan fingerprint density at radius 1 is 1.00 bits per heavy atom. The second kappa shape index (κ2) is 7.74. The van der Waals surface area contributed by atoms with Crippen LogP contribution in [0.5, 0.6) is 0 Å². The number of aromatic carboxylic acids is 1. The van der Waals surface area contributed by atoms with Crippen molar-refractivity contribution < 1.29 is 27.5 Å². The number of carboxylic acids is 1. The molecule has 1 N–H and O–H groups in total. The molecule has 0 aliphatic carbocycles. The van der Waals surface area contributed by atoms with Gasteiger partial charge in [0.15, 0.2) is 0 Å². The molecule has 0 atom stereocenters. The normalized spacial score (nSPS) is 11.8. The summed E-state index contributed by atoms with van der Waals surface area (Å²) in [5, 5.41) is 9.49. The lowest BCUT2D eigenvalue weighted by Gasteiger charge is -2.14. The molecule has 0 saturated carbocycles. The fourth-order valence-electron chi connectivity index (χ4n) is 3.61. The zero-order valence-electron chi connectivity index (χ0n) is 15.8. The number of fused-ring (bicyclic) bond motifs is 1. The van der Waals surface area contributed by atoms with Crippen LogP contribution < -0.4 is 0 Å². The lowest BCUT2D eigenvalue weighted by molar-refractivity contribution is -0.138. The Bertz CT molecular complexity index is 1290. The number of para-hydroxylation sites is 1. The van der Waals surface area contributed by atoms with Crippen molar-refractivity contribution in [3.8, 4) is 5.69 Å². The van der Waals surface area contributed by atoms with Gasteiger partial charge >= 0.3 is 12.1 Å². The molecular weight excluding hydrogens is 434 g/mol. The maximum absolute atomic E-state index is 14.7. The third kappa shape index (κ3) is 3.88. The monoisotopic (exact) mass is 447 g/mol. The van der Waals surface area contributed by atoms with Gasteiger partial charge in [0.25, 0.3) is 0 Å². The Kier molecular flexibility index (Phi) is 5.23. The second-order valence-electron chi connectivity index (χ2n) is 6.95. The molecule has 0 bridgehead atoms. The Balaban J connectivity index is 1.89. The summed E-state index contributed by atoms with van der Waals surface area (Å²) in [5.41, 5.74) is 0.231. The second-order valence-corrected chi connectivity index (χ2v) is 7.36. The molecule has 0 amide bonds. The molecule has 0 saturated heterocycles. The van der Waals surface area contributed by atoms with Crippen LogP contribution in [0, 0.1) is 5.82 Å². The molecule has 4 rings (SSSR count). The van der Waals surface area contributed by atoms with Gasteiger partial charge in [-0.15, -0.1) is 0 Å². The van der Waals surface area contributed by atoms with Crippen LogP contribution in [0.1, 0.15) is 27.0 Å². The summed E-state index contributed by atoms with van der Waals surface area (Å²) < 4.78 is 56.7. The minimum Gasteiger partial charge on any atom is -0.478 e. The topological polar surface area (TPSA) is 42.2 Å². The number of rotatable bonds is 4. The molecule has 0 aliphatic rings. The third-order valence-corrected chi connectivity index (χ3v) is 5.40. The van der Waals surface area contributed by atoms with Crippen LogP contribution in [0.4, 0.5) is 17.6 Å². The average Bonchev–Trinajstić information content (AvgIpc) is 3.08. The lowest BCUT2D eigenvalue weighted by atomic mass is 9.99. The van der Waals surface area contributed by atoms with E-state index in [4.69, 9.17) is 16.7 Å². The highest BCUT2D eigenvalue weighted by Crippen LogP contribution is 2.38. The predicted octanol–water partition coefficient (Wildman–Crippen LogP) is 6.73. The molecule has 3 nitrogen and oxygen atoms in total. The fourth-order valence-corrected chi connectivity index (χ4v) is 3.85. The zero-order valence-corrected chi connectivity index (χ0v) is 16.5. The maximum Gasteiger partial charge on any atom is 0.416 e. The predicted molar refractivity (Wildman–Crippen MR) is 109 cm³/mol. The van der Waals surface area contributed by atoms with Crippen LogP contribution in [0.15, 0.2) is 66.9 Å². The SMILES string of the molecule is O=C(O)c1ccc(-n2cc(Cc3c(Cl)cccc3C(F)(F)F)c3cccc(F)c32)cc1. The number of aromatic nitrogens is 1. The molecule has 0 unspecified atom stereocenters. The Labute approximate surface area is 179 Å². The number of benzene rings is 3. The Morgan fingerprint density at radius 2 is 1.68 bits per heavy atom. The van der Waals surface area contributed by atoms with Crippen molar-refractivity contribution in [2.75, 3.05) is 0 Å². The van der Waals surface area contributed by atoms with Crippen LogP contribution >= 0.6 is 11.6 Å². The number of hydrogen-bond acceptors (Lipinski definition) is 1. The lowest BCUT2D eigenvalue weighted by Crippen LogP contribution is -2.10. The van der Waals surface area contributed by atoms with Crippen molar-refractivity contribution in [3.05, 3.63) is 100.0 Å². The summed E-state index contributed by atoms with van der Waals surface area (Å²) in [6.07, 6.45) is -3.20. The van der Waals surface area contributed by atoms with E-state index in [0.29, 0.717) is 16.6 Å². The van der Waals surface area contributed by atoms with Gasteiger partial charge in [-0.05, 0) is 53.6 Å². The summed E-state index contributed by atoms with van der Waals surface area (Å²) in [7, 11) is 0. The van der Waals surface area contributed by atoms with Gasteiger partial charge in [0.1, 0.15) is 5.82 Å². The van der Waals surface area contributed by atoms with E-state index in [-0.39, 0.29) is 28.1 Å². The van der Waals surface area contributed by atoms with Crippen molar-refractivity contribution in [1.82, 2.24) is 4.57 Å². The minimum absolute atomic E-state index is 0.0297. The van der Waals surface area contributed by atoms with Crippen LogP contribution in [0.2, 0.25) is 5.02 Å². The number of halogens is 5. The van der Waals surface area contributed by atoms with E-state index in [1.165, 1.54) is 53.1 Å². The largest absolute Gasteiger partial charge is 0.478 e. The van der Waals surface area contributed by atoms with E-state index < -0.39 is 23.5 Å². The third-order valence-electron chi connectivity index (χ3n) is 5.04. The van der Waals surface area contributed by atoms with E-state index in [1.54, 1.807) is 12.3 Å². The number of hydrogen-bond donors (Lipinski definition) is 1. The minimum atomic E-state index is -4.59. The van der Waals surface area contributed by atoms with Crippen LogP contribution in [-0.4, -0.2) is 15.6 Å². The smallest absolute Gasteiger partial charge is 0.416 e. The first-order valence-corrected chi connectivity index (χ1v) is 9.51. The van der Waals surface area contributed by atoms with Gasteiger partial charge < -0.3 is 9.67 Å². The van der Waals surface area contributed by atoms with E-state index >= 15 is 0 Å². The van der Waals surface area contributed by atoms with E-state index in [0.717, 1.165) is 6.07 Å². The molecule has 31 heavy (non-hydrogen) atoms. The van der Waals surface area contributed by atoms with E-state index in [9.17, 15) is 22.4 Å². The first-order valence-electron chi connectivity index (χ1n) is 9.13. The van der Waals surface area contributed by atoms with Gasteiger partial charge in [0.2, 0.25) is 0 Å². The average molecular weight is 448 g/mol. The van der Waals surface area contributed by atoms with Gasteiger partial charge in [0.05, 0.1) is 16.6 Å². The Hall–Kier alpha value is -3.32. The summed E-state index contributed by atoms with van der Waals surface area (Å²) in [6.45, 7) is 0. The summed E-state index contributed by atoms with van der Waals surface area (Å²) >= 11 is 6.10. The molecule has 8 heteroatoms. The molecule has 3 aromatic carbocycles. The van der Waals surface area contributed by atoms with Gasteiger partial charge in [-0.2, -0.15) is 13.2 Å². The molecule has 4 aromatic rings. The number of carboxylic acid groups (broad SMARTS) is 1. The number of alkyl halides is 3. The van der Waals surface area contributed by atoms with Crippen molar-refractivity contribution >= 4 is 28.5 Å². The number of carbonyl (C=O) groups is 1. The fraction of sp³-hybridized carbons (Fsp3) is 0.0870. The van der Waals surface area contributed by atoms with Crippen LogP contribution in [0.25, 0.3) is 16.6 Å². The molecule has 1 heterocycles. The number of nitrogens with zero attached hydrogens (tertiary/aromatic N) is 1. The van der Waals surface area contributed by atoms with Gasteiger partial charge in [-0.25, -0.2) is 9.18 Å².